The van der Waals surface area contributed by atoms with E-state index in [1.165, 1.54) is 6.33 Å². The number of ether oxygens (including phenoxy) is 1. The monoisotopic (exact) mass is 274 g/mol. The summed E-state index contributed by atoms with van der Waals surface area (Å²) in [6.45, 7) is 4.21. The lowest BCUT2D eigenvalue weighted by atomic mass is 9.98. The molecule has 2 N–H and O–H groups in total. The molecule has 0 amide bonds. The summed E-state index contributed by atoms with van der Waals surface area (Å²) in [6.07, 6.45) is 1.42. The lowest BCUT2D eigenvalue weighted by Crippen LogP contribution is -2.02. The number of carboxylic acids is 1. The molecule has 0 aliphatic carbocycles. The van der Waals surface area contributed by atoms with Crippen LogP contribution in [0.1, 0.15) is 31.0 Å². The second kappa shape index (κ2) is 5.77. The van der Waals surface area contributed by atoms with E-state index >= 15 is 0 Å². The Labute approximate surface area is 117 Å². The van der Waals surface area contributed by atoms with E-state index in [2.05, 4.69) is 23.8 Å². The SMILES string of the molecule is COc1ccc(C(C)C)cc1-c1nc[nH]c1CC(=O)O. The van der Waals surface area contributed by atoms with Crippen molar-refractivity contribution in [1.82, 2.24) is 9.97 Å². The van der Waals surface area contributed by atoms with Gasteiger partial charge in [0.1, 0.15) is 5.75 Å². The minimum Gasteiger partial charge on any atom is -0.496 e. The summed E-state index contributed by atoms with van der Waals surface area (Å²) < 4.78 is 5.36. The van der Waals surface area contributed by atoms with Crippen molar-refractivity contribution in [2.24, 2.45) is 0 Å². The summed E-state index contributed by atoms with van der Waals surface area (Å²) in [5.41, 5.74) is 3.18. The summed E-state index contributed by atoms with van der Waals surface area (Å²) in [6, 6.07) is 5.91. The zero-order valence-corrected chi connectivity index (χ0v) is 11.8. The Balaban J connectivity index is 2.53. The number of benzene rings is 1. The maximum atomic E-state index is 10.9. The number of hydrogen-bond donors (Lipinski definition) is 2. The van der Waals surface area contributed by atoms with Crippen LogP contribution < -0.4 is 4.74 Å². The lowest BCUT2D eigenvalue weighted by molar-refractivity contribution is -0.136. The van der Waals surface area contributed by atoms with Crippen LogP contribution in [0.5, 0.6) is 5.75 Å². The molecule has 0 saturated carbocycles. The molecule has 106 valence electrons. The highest BCUT2D eigenvalue weighted by atomic mass is 16.5. The first-order valence-electron chi connectivity index (χ1n) is 6.45. The molecule has 0 aliphatic heterocycles. The van der Waals surface area contributed by atoms with Gasteiger partial charge in [-0.2, -0.15) is 0 Å². The van der Waals surface area contributed by atoms with Crippen molar-refractivity contribution >= 4 is 5.97 Å². The average molecular weight is 274 g/mol. The Kier molecular flexibility index (Phi) is 4.08. The fourth-order valence-corrected chi connectivity index (χ4v) is 2.11. The quantitative estimate of drug-likeness (QED) is 0.879. The number of carboxylic acid groups (broad SMARTS) is 1. The lowest BCUT2D eigenvalue weighted by Gasteiger charge is -2.12. The van der Waals surface area contributed by atoms with Crippen LogP contribution in [0.4, 0.5) is 0 Å². The van der Waals surface area contributed by atoms with Crippen molar-refractivity contribution in [3.05, 3.63) is 35.8 Å². The molecule has 0 atom stereocenters. The molecule has 0 fully saturated rings. The maximum absolute atomic E-state index is 10.9. The molecule has 1 aromatic heterocycles. The van der Waals surface area contributed by atoms with Crippen LogP contribution >= 0.6 is 0 Å². The third-order valence-electron chi connectivity index (χ3n) is 3.19. The number of hydrogen-bond acceptors (Lipinski definition) is 3. The number of carbonyl (C=O) groups is 1. The van der Waals surface area contributed by atoms with Crippen LogP contribution in [0.3, 0.4) is 0 Å². The zero-order chi connectivity index (χ0) is 14.7. The molecule has 5 heteroatoms. The highest BCUT2D eigenvalue weighted by Gasteiger charge is 2.16. The third kappa shape index (κ3) is 2.82. The number of imidazole rings is 1. The molecule has 2 aromatic rings. The van der Waals surface area contributed by atoms with Crippen LogP contribution in [-0.2, 0) is 11.2 Å². The van der Waals surface area contributed by atoms with Crippen molar-refractivity contribution in [3.8, 4) is 17.0 Å². The summed E-state index contributed by atoms with van der Waals surface area (Å²) >= 11 is 0. The predicted molar refractivity (Wildman–Crippen MR) is 76.0 cm³/mol. The van der Waals surface area contributed by atoms with Gasteiger partial charge < -0.3 is 14.8 Å². The van der Waals surface area contributed by atoms with E-state index < -0.39 is 5.97 Å². The van der Waals surface area contributed by atoms with Gasteiger partial charge in [-0.15, -0.1) is 0 Å². The van der Waals surface area contributed by atoms with Crippen molar-refractivity contribution in [1.29, 1.82) is 0 Å². The van der Waals surface area contributed by atoms with Gasteiger partial charge in [0.25, 0.3) is 0 Å². The van der Waals surface area contributed by atoms with Gasteiger partial charge in [0, 0.05) is 5.56 Å². The first-order valence-corrected chi connectivity index (χ1v) is 6.45. The first-order chi connectivity index (χ1) is 9.52. The zero-order valence-electron chi connectivity index (χ0n) is 11.8. The molecule has 20 heavy (non-hydrogen) atoms. The van der Waals surface area contributed by atoms with Crippen molar-refractivity contribution < 1.29 is 14.6 Å². The number of aliphatic carboxylic acids is 1. The molecule has 0 saturated heterocycles. The number of H-pyrrole nitrogens is 1. The second-order valence-corrected chi connectivity index (χ2v) is 4.91. The van der Waals surface area contributed by atoms with E-state index in [1.807, 2.05) is 18.2 Å². The van der Waals surface area contributed by atoms with Gasteiger partial charge in [-0.05, 0) is 23.6 Å². The van der Waals surface area contributed by atoms with Crippen LogP contribution in [0.2, 0.25) is 0 Å². The molecule has 1 heterocycles. The summed E-state index contributed by atoms with van der Waals surface area (Å²) in [5, 5.41) is 8.95. The fourth-order valence-electron chi connectivity index (χ4n) is 2.11. The molecule has 2 rings (SSSR count). The molecule has 1 aromatic carbocycles. The minimum absolute atomic E-state index is 0.0929. The number of rotatable bonds is 5. The Morgan fingerprint density at radius 1 is 1.45 bits per heavy atom. The van der Waals surface area contributed by atoms with Gasteiger partial charge in [-0.3, -0.25) is 4.79 Å². The minimum atomic E-state index is -0.894. The third-order valence-corrected chi connectivity index (χ3v) is 3.19. The number of aromatic amines is 1. The summed E-state index contributed by atoms with van der Waals surface area (Å²) in [5.74, 6) is 0.171. The summed E-state index contributed by atoms with van der Waals surface area (Å²) in [7, 11) is 1.59. The van der Waals surface area contributed by atoms with E-state index in [9.17, 15) is 4.79 Å². The normalized spacial score (nSPS) is 10.8. The van der Waals surface area contributed by atoms with Gasteiger partial charge in [0.2, 0.25) is 0 Å². The molecule has 0 radical (unpaired) electrons. The maximum Gasteiger partial charge on any atom is 0.309 e. The average Bonchev–Trinajstić information content (AvgIpc) is 2.85. The standard InChI is InChI=1S/C15H18N2O3/c1-9(2)10-4-5-13(20-3)11(6-10)15-12(7-14(18)19)16-8-17-15/h4-6,8-9H,7H2,1-3H3,(H,16,17)(H,18,19). The molecular formula is C15H18N2O3. The largest absolute Gasteiger partial charge is 0.496 e. The predicted octanol–water partition coefficient (Wildman–Crippen LogP) is 2.84. The van der Waals surface area contributed by atoms with Crippen molar-refractivity contribution in [2.75, 3.05) is 7.11 Å². The molecule has 0 aliphatic rings. The Morgan fingerprint density at radius 3 is 2.80 bits per heavy atom. The molecule has 0 unspecified atom stereocenters. The second-order valence-electron chi connectivity index (χ2n) is 4.91. The van der Waals surface area contributed by atoms with Crippen LogP contribution in [-0.4, -0.2) is 28.2 Å². The smallest absolute Gasteiger partial charge is 0.309 e. The van der Waals surface area contributed by atoms with Crippen LogP contribution in [0, 0.1) is 0 Å². The van der Waals surface area contributed by atoms with Gasteiger partial charge in [-0.1, -0.05) is 19.9 Å². The number of aromatic nitrogens is 2. The van der Waals surface area contributed by atoms with Gasteiger partial charge in [0.15, 0.2) is 0 Å². The Bertz CT molecular complexity index is 617. The topological polar surface area (TPSA) is 75.2 Å². The Morgan fingerprint density at radius 2 is 2.20 bits per heavy atom. The van der Waals surface area contributed by atoms with Crippen LogP contribution in [0.25, 0.3) is 11.3 Å². The van der Waals surface area contributed by atoms with Crippen LogP contribution in [0.15, 0.2) is 24.5 Å². The van der Waals surface area contributed by atoms with Gasteiger partial charge >= 0.3 is 5.97 Å². The summed E-state index contributed by atoms with van der Waals surface area (Å²) in [4.78, 5) is 18.0. The van der Waals surface area contributed by atoms with E-state index in [4.69, 9.17) is 9.84 Å². The van der Waals surface area contributed by atoms with E-state index in [0.29, 0.717) is 23.1 Å². The Hall–Kier alpha value is -2.30. The highest BCUT2D eigenvalue weighted by Crippen LogP contribution is 2.33. The first kappa shape index (κ1) is 14.1. The molecule has 5 nitrogen and oxygen atoms in total. The number of methoxy groups -OCH3 is 1. The fraction of sp³-hybridized carbons (Fsp3) is 0.333. The number of nitrogens with zero attached hydrogens (tertiary/aromatic N) is 1. The van der Waals surface area contributed by atoms with Crippen molar-refractivity contribution in [3.63, 3.8) is 0 Å². The van der Waals surface area contributed by atoms with E-state index in [-0.39, 0.29) is 6.42 Å². The molecule has 0 spiro atoms. The van der Waals surface area contributed by atoms with Gasteiger partial charge in [-0.25, -0.2) is 4.98 Å². The molecule has 0 bridgehead atoms. The highest BCUT2D eigenvalue weighted by molar-refractivity contribution is 5.76. The van der Waals surface area contributed by atoms with Gasteiger partial charge in [0.05, 0.1) is 31.2 Å². The van der Waals surface area contributed by atoms with E-state index in [1.54, 1.807) is 7.11 Å². The number of nitrogens with one attached hydrogen (secondary N) is 1. The van der Waals surface area contributed by atoms with Crippen molar-refractivity contribution in [2.45, 2.75) is 26.2 Å². The van der Waals surface area contributed by atoms with E-state index in [0.717, 1.165) is 11.1 Å². The molecular weight excluding hydrogens is 256 g/mol.